The van der Waals surface area contributed by atoms with Crippen molar-refractivity contribution in [2.45, 2.75) is 26.9 Å². The van der Waals surface area contributed by atoms with E-state index in [1.54, 1.807) is 20.8 Å². The third-order valence-corrected chi connectivity index (χ3v) is 1.27. The molecule has 0 aliphatic rings. The molecule has 0 heterocycles. The highest BCUT2D eigenvalue weighted by atomic mass is 16.3. The van der Waals surface area contributed by atoms with Gasteiger partial charge in [-0.25, -0.2) is 0 Å². The molecular weight excluding hydrogens is 128 g/mol. The Morgan fingerprint density at radius 3 is 2.30 bits per heavy atom. The SMILES string of the molecule is CC(=C=C(C)C(C)O)CO. The van der Waals surface area contributed by atoms with Gasteiger partial charge in [0.15, 0.2) is 0 Å². The average molecular weight is 142 g/mol. The molecule has 0 aromatic rings. The van der Waals surface area contributed by atoms with E-state index in [4.69, 9.17) is 10.2 Å². The van der Waals surface area contributed by atoms with Crippen molar-refractivity contribution in [2.75, 3.05) is 6.61 Å². The largest absolute Gasteiger partial charge is 0.391 e. The van der Waals surface area contributed by atoms with E-state index in [0.717, 1.165) is 11.1 Å². The van der Waals surface area contributed by atoms with Gasteiger partial charge in [0.05, 0.1) is 12.7 Å². The third kappa shape index (κ3) is 3.46. The van der Waals surface area contributed by atoms with Crippen LogP contribution >= 0.6 is 0 Å². The molecule has 0 fully saturated rings. The summed E-state index contributed by atoms with van der Waals surface area (Å²) in [5.74, 6) is 0. The molecule has 2 heteroatoms. The molecule has 10 heavy (non-hydrogen) atoms. The van der Waals surface area contributed by atoms with Gasteiger partial charge >= 0.3 is 0 Å². The fourth-order valence-corrected chi connectivity index (χ4v) is 0.481. The zero-order valence-corrected chi connectivity index (χ0v) is 6.68. The molecule has 0 rings (SSSR count). The van der Waals surface area contributed by atoms with Gasteiger partial charge in [0.25, 0.3) is 0 Å². The average Bonchev–Trinajstić information content (AvgIpc) is 1.87. The molecule has 2 nitrogen and oxygen atoms in total. The van der Waals surface area contributed by atoms with Crippen LogP contribution in [0.5, 0.6) is 0 Å². The number of aliphatic hydroxyl groups excluding tert-OH is 2. The molecule has 0 radical (unpaired) electrons. The van der Waals surface area contributed by atoms with E-state index < -0.39 is 6.10 Å². The Bertz CT molecular complexity index is 162. The van der Waals surface area contributed by atoms with Crippen LogP contribution in [-0.2, 0) is 0 Å². The Kier molecular flexibility index (Phi) is 4.05. The summed E-state index contributed by atoms with van der Waals surface area (Å²) in [4.78, 5) is 0. The van der Waals surface area contributed by atoms with Gasteiger partial charge in [-0.1, -0.05) is 0 Å². The van der Waals surface area contributed by atoms with Crippen LogP contribution in [0.3, 0.4) is 0 Å². The van der Waals surface area contributed by atoms with Crippen molar-refractivity contribution in [1.29, 1.82) is 0 Å². The fraction of sp³-hybridized carbons (Fsp3) is 0.625. The van der Waals surface area contributed by atoms with Crippen molar-refractivity contribution in [1.82, 2.24) is 0 Å². The Balaban J connectivity index is 4.40. The van der Waals surface area contributed by atoms with Crippen molar-refractivity contribution < 1.29 is 10.2 Å². The van der Waals surface area contributed by atoms with Crippen molar-refractivity contribution in [3.63, 3.8) is 0 Å². The number of hydrogen-bond donors (Lipinski definition) is 2. The standard InChI is InChI=1S/C8H14O2/c1-6(5-9)4-7(2)8(3)10/h8-10H,5H2,1-3H3. The van der Waals surface area contributed by atoms with Crippen LogP contribution in [0.15, 0.2) is 16.9 Å². The maximum atomic E-state index is 8.97. The summed E-state index contributed by atoms with van der Waals surface area (Å²) in [5.41, 5.74) is 4.37. The van der Waals surface area contributed by atoms with Crippen LogP contribution in [0.1, 0.15) is 20.8 Å². The normalized spacial score (nSPS) is 12.1. The lowest BCUT2D eigenvalue weighted by molar-refractivity contribution is 0.231. The van der Waals surface area contributed by atoms with Gasteiger partial charge in [-0.2, -0.15) is 0 Å². The van der Waals surface area contributed by atoms with Crippen molar-refractivity contribution >= 4 is 0 Å². The van der Waals surface area contributed by atoms with Crippen LogP contribution in [0, 0.1) is 0 Å². The van der Waals surface area contributed by atoms with E-state index >= 15 is 0 Å². The number of aliphatic hydroxyl groups is 2. The van der Waals surface area contributed by atoms with Crippen LogP contribution in [0.2, 0.25) is 0 Å². The molecule has 0 saturated carbocycles. The van der Waals surface area contributed by atoms with Crippen LogP contribution < -0.4 is 0 Å². The molecule has 0 spiro atoms. The molecular formula is C8H14O2. The van der Waals surface area contributed by atoms with Gasteiger partial charge in [-0.05, 0) is 31.9 Å². The lowest BCUT2D eigenvalue weighted by atomic mass is 10.2. The van der Waals surface area contributed by atoms with Gasteiger partial charge in [0.1, 0.15) is 0 Å². The van der Waals surface area contributed by atoms with E-state index in [0.29, 0.717) is 0 Å². The lowest BCUT2D eigenvalue weighted by Gasteiger charge is -1.99. The second kappa shape index (κ2) is 4.29. The highest BCUT2D eigenvalue weighted by Gasteiger charge is 1.95. The Morgan fingerprint density at radius 2 is 2.00 bits per heavy atom. The topological polar surface area (TPSA) is 40.5 Å². The van der Waals surface area contributed by atoms with Gasteiger partial charge in [-0.15, -0.1) is 5.73 Å². The molecule has 1 atom stereocenters. The quantitative estimate of drug-likeness (QED) is 0.561. The summed E-state index contributed by atoms with van der Waals surface area (Å²) in [6.45, 7) is 5.23. The van der Waals surface area contributed by atoms with Crippen molar-refractivity contribution in [3.8, 4) is 0 Å². The molecule has 58 valence electrons. The molecule has 0 amide bonds. The molecule has 0 saturated heterocycles. The Hall–Kier alpha value is -0.560. The molecule has 0 bridgehead atoms. The lowest BCUT2D eigenvalue weighted by Crippen LogP contribution is -1.99. The summed E-state index contributed by atoms with van der Waals surface area (Å²) < 4.78 is 0. The zero-order valence-electron chi connectivity index (χ0n) is 6.68. The monoisotopic (exact) mass is 142 g/mol. The first-order valence-corrected chi connectivity index (χ1v) is 3.29. The van der Waals surface area contributed by atoms with Crippen molar-refractivity contribution in [3.05, 3.63) is 16.9 Å². The van der Waals surface area contributed by atoms with Gasteiger partial charge < -0.3 is 10.2 Å². The van der Waals surface area contributed by atoms with Crippen LogP contribution in [0.25, 0.3) is 0 Å². The van der Waals surface area contributed by atoms with Crippen molar-refractivity contribution in [2.24, 2.45) is 0 Å². The summed E-state index contributed by atoms with van der Waals surface area (Å²) in [7, 11) is 0. The molecule has 0 aromatic carbocycles. The first kappa shape index (κ1) is 9.44. The Morgan fingerprint density at radius 1 is 1.50 bits per heavy atom. The van der Waals surface area contributed by atoms with E-state index in [9.17, 15) is 0 Å². The van der Waals surface area contributed by atoms with Gasteiger partial charge in [-0.3, -0.25) is 0 Å². The van der Waals surface area contributed by atoms with Gasteiger partial charge in [0.2, 0.25) is 0 Å². The van der Waals surface area contributed by atoms with E-state index in [1.807, 2.05) is 0 Å². The maximum Gasteiger partial charge on any atom is 0.0792 e. The highest BCUT2D eigenvalue weighted by Crippen LogP contribution is 1.99. The Labute approximate surface area is 61.5 Å². The first-order valence-electron chi connectivity index (χ1n) is 3.29. The molecule has 0 aromatic heterocycles. The minimum Gasteiger partial charge on any atom is -0.391 e. The van der Waals surface area contributed by atoms with E-state index in [1.165, 1.54) is 0 Å². The predicted molar refractivity (Wildman–Crippen MR) is 40.7 cm³/mol. The highest BCUT2D eigenvalue weighted by molar-refractivity contribution is 5.08. The van der Waals surface area contributed by atoms with E-state index in [2.05, 4.69) is 5.73 Å². The van der Waals surface area contributed by atoms with Crippen LogP contribution in [-0.4, -0.2) is 22.9 Å². The fourth-order valence-electron chi connectivity index (χ4n) is 0.481. The number of hydrogen-bond acceptors (Lipinski definition) is 2. The smallest absolute Gasteiger partial charge is 0.0792 e. The first-order chi connectivity index (χ1) is 4.57. The maximum absolute atomic E-state index is 8.97. The zero-order chi connectivity index (χ0) is 8.15. The number of rotatable bonds is 2. The van der Waals surface area contributed by atoms with E-state index in [-0.39, 0.29) is 6.61 Å². The summed E-state index contributed by atoms with van der Waals surface area (Å²) in [6.07, 6.45) is -0.471. The third-order valence-electron chi connectivity index (χ3n) is 1.27. The minimum absolute atomic E-state index is 0.00403. The molecule has 2 N–H and O–H groups in total. The molecule has 0 aliphatic heterocycles. The predicted octanol–water partition coefficient (Wildman–Crippen LogP) is 0.851. The summed E-state index contributed by atoms with van der Waals surface area (Å²) in [5, 5.41) is 17.5. The minimum atomic E-state index is -0.471. The second-order valence-electron chi connectivity index (χ2n) is 2.42. The van der Waals surface area contributed by atoms with Crippen LogP contribution in [0.4, 0.5) is 0 Å². The second-order valence-corrected chi connectivity index (χ2v) is 2.42. The summed E-state index contributed by atoms with van der Waals surface area (Å²) >= 11 is 0. The van der Waals surface area contributed by atoms with Gasteiger partial charge in [0, 0.05) is 0 Å². The molecule has 0 aliphatic carbocycles. The molecule has 1 unspecified atom stereocenters. The summed E-state index contributed by atoms with van der Waals surface area (Å²) in [6, 6.07) is 0.